The van der Waals surface area contributed by atoms with E-state index in [1.54, 1.807) is 7.11 Å². The number of hydrogen-bond acceptors (Lipinski definition) is 3. The summed E-state index contributed by atoms with van der Waals surface area (Å²) in [6.07, 6.45) is 1.02. The van der Waals surface area contributed by atoms with Crippen LogP contribution < -0.4 is 14.8 Å². The maximum absolute atomic E-state index is 5.63. The average molecular weight is 230 g/mol. The van der Waals surface area contributed by atoms with Crippen LogP contribution >= 0.6 is 12.4 Å². The van der Waals surface area contributed by atoms with Gasteiger partial charge in [0.2, 0.25) is 0 Å². The Morgan fingerprint density at radius 1 is 1.47 bits per heavy atom. The largest absolute Gasteiger partial charge is 0.497 e. The summed E-state index contributed by atoms with van der Waals surface area (Å²) in [5, 5.41) is 3.22. The number of ether oxygens (including phenoxy) is 2. The van der Waals surface area contributed by atoms with Gasteiger partial charge in [0.25, 0.3) is 0 Å². The Balaban J connectivity index is 0.00000112. The van der Waals surface area contributed by atoms with E-state index in [0.717, 1.165) is 24.5 Å². The van der Waals surface area contributed by atoms with Gasteiger partial charge in [-0.25, -0.2) is 0 Å². The number of halogens is 1. The Morgan fingerprint density at radius 3 is 2.93 bits per heavy atom. The van der Waals surface area contributed by atoms with Gasteiger partial charge in [0, 0.05) is 12.1 Å². The highest BCUT2D eigenvalue weighted by molar-refractivity contribution is 5.85. The van der Waals surface area contributed by atoms with Crippen LogP contribution in [0.4, 0.5) is 0 Å². The molecule has 0 aliphatic carbocycles. The number of likely N-dealkylation sites (N-methyl/N-ethyl adjacent to an activating group) is 1. The minimum absolute atomic E-state index is 0. The van der Waals surface area contributed by atoms with Gasteiger partial charge in [-0.05, 0) is 25.1 Å². The molecule has 0 radical (unpaired) electrons. The lowest BCUT2D eigenvalue weighted by atomic mass is 10.0. The van der Waals surface area contributed by atoms with Gasteiger partial charge in [-0.2, -0.15) is 0 Å². The van der Waals surface area contributed by atoms with Gasteiger partial charge in [0.15, 0.2) is 0 Å². The summed E-state index contributed by atoms with van der Waals surface area (Å²) in [5.41, 5.74) is 1.25. The number of methoxy groups -OCH3 is 1. The van der Waals surface area contributed by atoms with Gasteiger partial charge >= 0.3 is 0 Å². The molecule has 0 bridgehead atoms. The molecule has 0 fully saturated rings. The van der Waals surface area contributed by atoms with Crippen LogP contribution in [0.15, 0.2) is 18.2 Å². The predicted molar refractivity (Wildman–Crippen MR) is 62.3 cm³/mol. The van der Waals surface area contributed by atoms with Crippen LogP contribution in [-0.2, 0) is 6.42 Å². The zero-order chi connectivity index (χ0) is 9.97. The molecule has 1 aromatic carbocycles. The number of hydrogen-bond donors (Lipinski definition) is 1. The molecule has 1 aliphatic heterocycles. The highest BCUT2D eigenvalue weighted by atomic mass is 35.5. The van der Waals surface area contributed by atoms with E-state index in [-0.39, 0.29) is 12.4 Å². The van der Waals surface area contributed by atoms with E-state index in [1.807, 2.05) is 19.2 Å². The van der Waals surface area contributed by atoms with Crippen LogP contribution in [0.3, 0.4) is 0 Å². The van der Waals surface area contributed by atoms with Crippen LogP contribution in [0, 0.1) is 0 Å². The molecule has 84 valence electrons. The van der Waals surface area contributed by atoms with Gasteiger partial charge < -0.3 is 14.8 Å². The zero-order valence-electron chi connectivity index (χ0n) is 8.95. The van der Waals surface area contributed by atoms with Crippen molar-refractivity contribution < 1.29 is 9.47 Å². The summed E-state index contributed by atoms with van der Waals surface area (Å²) in [6, 6.07) is 6.41. The highest BCUT2D eigenvalue weighted by Crippen LogP contribution is 2.28. The molecule has 1 heterocycles. The molecular weight excluding hydrogens is 214 g/mol. The molecule has 1 N–H and O–H groups in total. The van der Waals surface area contributed by atoms with Gasteiger partial charge in [0.1, 0.15) is 18.1 Å². The van der Waals surface area contributed by atoms with Crippen LogP contribution in [-0.4, -0.2) is 26.8 Å². The molecule has 0 saturated carbocycles. The first kappa shape index (κ1) is 12.1. The van der Waals surface area contributed by atoms with E-state index in [2.05, 4.69) is 11.4 Å². The summed E-state index contributed by atoms with van der Waals surface area (Å²) in [7, 11) is 3.63. The van der Waals surface area contributed by atoms with Crippen molar-refractivity contribution in [2.24, 2.45) is 0 Å². The third-order valence-corrected chi connectivity index (χ3v) is 2.59. The van der Waals surface area contributed by atoms with E-state index >= 15 is 0 Å². The van der Waals surface area contributed by atoms with Crippen LogP contribution in [0.2, 0.25) is 0 Å². The van der Waals surface area contributed by atoms with Crippen molar-refractivity contribution in [2.75, 3.05) is 20.8 Å². The minimum Gasteiger partial charge on any atom is -0.497 e. The fourth-order valence-corrected chi connectivity index (χ4v) is 1.66. The Bertz CT molecular complexity index is 330. The van der Waals surface area contributed by atoms with Gasteiger partial charge in [-0.1, -0.05) is 6.07 Å². The standard InChI is InChI=1S/C11H15NO2.ClH/c1-12-9-5-8-3-4-10(13-2)6-11(8)14-7-9;/h3-4,6,9,12H,5,7H2,1-2H3;1H. The second kappa shape index (κ2) is 5.24. The first-order valence-corrected chi connectivity index (χ1v) is 4.80. The van der Waals surface area contributed by atoms with Crippen molar-refractivity contribution in [1.82, 2.24) is 5.32 Å². The molecule has 0 amide bonds. The molecule has 3 nitrogen and oxygen atoms in total. The van der Waals surface area contributed by atoms with Gasteiger partial charge in [0.05, 0.1) is 7.11 Å². The second-order valence-corrected chi connectivity index (χ2v) is 3.47. The maximum atomic E-state index is 5.63. The highest BCUT2D eigenvalue weighted by Gasteiger charge is 2.18. The lowest BCUT2D eigenvalue weighted by Crippen LogP contribution is -2.36. The average Bonchev–Trinajstić information content (AvgIpc) is 2.27. The molecule has 1 aliphatic rings. The summed E-state index contributed by atoms with van der Waals surface area (Å²) < 4.78 is 10.8. The molecule has 15 heavy (non-hydrogen) atoms. The van der Waals surface area contributed by atoms with Gasteiger partial charge in [-0.3, -0.25) is 0 Å². The van der Waals surface area contributed by atoms with E-state index in [4.69, 9.17) is 9.47 Å². The number of rotatable bonds is 2. The summed E-state index contributed by atoms with van der Waals surface area (Å²) >= 11 is 0. The molecule has 4 heteroatoms. The summed E-state index contributed by atoms with van der Waals surface area (Å²) in [5.74, 6) is 1.81. The maximum Gasteiger partial charge on any atom is 0.126 e. The van der Waals surface area contributed by atoms with Crippen molar-refractivity contribution in [1.29, 1.82) is 0 Å². The van der Waals surface area contributed by atoms with Crippen molar-refractivity contribution in [3.8, 4) is 11.5 Å². The first-order valence-electron chi connectivity index (χ1n) is 4.80. The lowest BCUT2D eigenvalue weighted by Gasteiger charge is -2.25. The molecule has 0 aromatic heterocycles. The van der Waals surface area contributed by atoms with Crippen LogP contribution in [0.1, 0.15) is 5.56 Å². The fraction of sp³-hybridized carbons (Fsp3) is 0.455. The zero-order valence-corrected chi connectivity index (χ0v) is 9.76. The number of fused-ring (bicyclic) bond motifs is 1. The van der Waals surface area contributed by atoms with Crippen molar-refractivity contribution in [3.05, 3.63) is 23.8 Å². The SMILES string of the molecule is CNC1COc2cc(OC)ccc2C1.Cl. The number of nitrogens with one attached hydrogen (secondary N) is 1. The van der Waals surface area contributed by atoms with Crippen molar-refractivity contribution >= 4 is 12.4 Å². The summed E-state index contributed by atoms with van der Waals surface area (Å²) in [6.45, 7) is 0.733. The quantitative estimate of drug-likeness (QED) is 0.837. The van der Waals surface area contributed by atoms with E-state index < -0.39 is 0 Å². The van der Waals surface area contributed by atoms with E-state index in [1.165, 1.54) is 5.56 Å². The second-order valence-electron chi connectivity index (χ2n) is 3.47. The van der Waals surface area contributed by atoms with Crippen LogP contribution in [0.25, 0.3) is 0 Å². The smallest absolute Gasteiger partial charge is 0.126 e. The van der Waals surface area contributed by atoms with E-state index in [9.17, 15) is 0 Å². The van der Waals surface area contributed by atoms with E-state index in [0.29, 0.717) is 6.04 Å². The topological polar surface area (TPSA) is 30.5 Å². The molecular formula is C11H16ClNO2. The first-order chi connectivity index (χ1) is 6.83. The molecule has 0 spiro atoms. The monoisotopic (exact) mass is 229 g/mol. The fourth-order valence-electron chi connectivity index (χ4n) is 1.66. The molecule has 2 rings (SSSR count). The van der Waals surface area contributed by atoms with Crippen molar-refractivity contribution in [2.45, 2.75) is 12.5 Å². The molecule has 0 saturated heterocycles. The minimum atomic E-state index is 0. The Labute approximate surface area is 96.2 Å². The normalized spacial score (nSPS) is 18.4. The van der Waals surface area contributed by atoms with Crippen LogP contribution in [0.5, 0.6) is 11.5 Å². The Hall–Kier alpha value is -0.930. The summed E-state index contributed by atoms with van der Waals surface area (Å²) in [4.78, 5) is 0. The lowest BCUT2D eigenvalue weighted by molar-refractivity contribution is 0.244. The third kappa shape index (κ3) is 2.55. The van der Waals surface area contributed by atoms with Crippen molar-refractivity contribution in [3.63, 3.8) is 0 Å². The van der Waals surface area contributed by atoms with Gasteiger partial charge in [-0.15, -0.1) is 12.4 Å². The molecule has 1 unspecified atom stereocenters. The third-order valence-electron chi connectivity index (χ3n) is 2.59. The Kier molecular flexibility index (Phi) is 4.24. The predicted octanol–water partition coefficient (Wildman–Crippen LogP) is 1.64. The molecule has 1 aromatic rings. The molecule has 1 atom stereocenters. The number of benzene rings is 1. The Morgan fingerprint density at radius 2 is 2.27 bits per heavy atom.